The number of hydrogen-bond donors (Lipinski definition) is 3. The van der Waals surface area contributed by atoms with E-state index in [1.165, 1.54) is 23.5 Å². The number of carbonyl (C=O) groups is 2. The van der Waals surface area contributed by atoms with Gasteiger partial charge in [-0.2, -0.15) is 13.2 Å². The smallest absolute Gasteiger partial charge is 0.332 e. The average molecular weight is 575 g/mol. The number of alkyl halides is 3. The minimum atomic E-state index is -4.56. The average Bonchev–Trinajstić information content (AvgIpc) is 3.31. The minimum absolute atomic E-state index is 0.129. The third-order valence-electron chi connectivity index (χ3n) is 6.32. The van der Waals surface area contributed by atoms with E-state index in [9.17, 15) is 22.8 Å². The van der Waals surface area contributed by atoms with E-state index in [-0.39, 0.29) is 11.5 Å². The lowest BCUT2D eigenvalue weighted by atomic mass is 10.1. The topological polar surface area (TPSA) is 83.1 Å². The van der Waals surface area contributed by atoms with Crippen LogP contribution >= 0.6 is 11.3 Å². The largest absolute Gasteiger partial charge is 0.416 e. The predicted molar refractivity (Wildman–Crippen MR) is 157 cm³/mol. The number of amides is 2. The maximum absolute atomic E-state index is 13.1. The first-order valence-corrected chi connectivity index (χ1v) is 13.4. The van der Waals surface area contributed by atoms with Gasteiger partial charge in [-0.3, -0.25) is 9.59 Å². The van der Waals surface area contributed by atoms with E-state index in [4.69, 9.17) is 0 Å². The number of nitrogens with one attached hydrogen (secondary N) is 3. The number of aryl methyl sites for hydroxylation is 3. The molecule has 41 heavy (non-hydrogen) atoms. The second-order valence-corrected chi connectivity index (χ2v) is 10.8. The number of hydrogen-bond acceptors (Lipinski definition) is 5. The molecule has 0 spiro atoms. The Morgan fingerprint density at radius 2 is 1.46 bits per heavy atom. The van der Waals surface area contributed by atoms with Gasteiger partial charge >= 0.3 is 6.18 Å². The molecule has 6 nitrogen and oxygen atoms in total. The summed E-state index contributed by atoms with van der Waals surface area (Å²) in [6, 6.07) is 20.5. The van der Waals surface area contributed by atoms with E-state index in [1.54, 1.807) is 43.3 Å². The number of rotatable bonds is 6. The van der Waals surface area contributed by atoms with Gasteiger partial charge in [0, 0.05) is 28.2 Å². The highest BCUT2D eigenvalue weighted by Crippen LogP contribution is 2.31. The summed E-state index contributed by atoms with van der Waals surface area (Å²) in [5, 5.41) is 9.50. The zero-order valence-corrected chi connectivity index (χ0v) is 23.1. The van der Waals surface area contributed by atoms with Crippen LogP contribution in [0.15, 0.2) is 78.9 Å². The molecule has 0 fully saturated rings. The van der Waals surface area contributed by atoms with Crippen molar-refractivity contribution in [3.8, 4) is 0 Å². The first-order chi connectivity index (χ1) is 19.4. The van der Waals surface area contributed by atoms with Crippen molar-refractivity contribution in [1.29, 1.82) is 0 Å². The van der Waals surface area contributed by atoms with E-state index in [0.717, 1.165) is 44.7 Å². The number of fused-ring (bicyclic) bond motifs is 1. The molecule has 0 bridgehead atoms. The van der Waals surface area contributed by atoms with Crippen molar-refractivity contribution >= 4 is 55.6 Å². The third kappa shape index (κ3) is 6.55. The summed E-state index contributed by atoms with van der Waals surface area (Å²) in [4.78, 5) is 30.4. The molecule has 5 aromatic rings. The highest BCUT2D eigenvalue weighted by atomic mass is 32.1. The van der Waals surface area contributed by atoms with Gasteiger partial charge in [0.15, 0.2) is 5.13 Å². The molecule has 10 heteroatoms. The van der Waals surface area contributed by atoms with Gasteiger partial charge in [0.05, 0.1) is 15.8 Å². The van der Waals surface area contributed by atoms with E-state index >= 15 is 0 Å². The van der Waals surface area contributed by atoms with Crippen LogP contribution in [0.3, 0.4) is 0 Å². The lowest BCUT2D eigenvalue weighted by Crippen LogP contribution is -2.15. The SMILES string of the molecule is Cc1cc(C)cc(Nc2nc3ccc(C(=O)Nc4cc(NC(=O)c5cccc(C(F)(F)F)c5)ccc4C)cc3s2)c1. The summed E-state index contributed by atoms with van der Waals surface area (Å²) in [6.07, 6.45) is -4.56. The maximum atomic E-state index is 13.1. The molecule has 2 amide bonds. The Bertz CT molecular complexity index is 1780. The van der Waals surface area contributed by atoms with Crippen LogP contribution in [0.2, 0.25) is 0 Å². The molecule has 0 saturated heterocycles. The molecule has 0 aliphatic heterocycles. The van der Waals surface area contributed by atoms with Gasteiger partial charge in [-0.25, -0.2) is 4.98 Å². The zero-order chi connectivity index (χ0) is 29.3. The van der Waals surface area contributed by atoms with Gasteiger partial charge in [-0.1, -0.05) is 29.5 Å². The molecule has 0 aliphatic carbocycles. The Labute approximate surface area is 238 Å². The summed E-state index contributed by atoms with van der Waals surface area (Å²) < 4.78 is 40.0. The van der Waals surface area contributed by atoms with Crippen LogP contribution in [0.25, 0.3) is 10.2 Å². The van der Waals surface area contributed by atoms with Gasteiger partial charge in [-0.05, 0) is 98.1 Å². The monoisotopic (exact) mass is 574 g/mol. The van der Waals surface area contributed by atoms with E-state index in [0.29, 0.717) is 22.1 Å². The van der Waals surface area contributed by atoms with E-state index < -0.39 is 17.6 Å². The fourth-order valence-corrected chi connectivity index (χ4v) is 5.28. The Morgan fingerprint density at radius 3 is 2.20 bits per heavy atom. The van der Waals surface area contributed by atoms with Crippen LogP contribution in [0.4, 0.5) is 35.4 Å². The van der Waals surface area contributed by atoms with Crippen molar-refractivity contribution < 1.29 is 22.8 Å². The molecule has 0 unspecified atom stereocenters. The summed E-state index contributed by atoms with van der Waals surface area (Å²) in [5.41, 5.74) is 4.90. The van der Waals surface area contributed by atoms with Gasteiger partial charge in [-0.15, -0.1) is 0 Å². The van der Waals surface area contributed by atoms with Gasteiger partial charge in [0.25, 0.3) is 11.8 Å². The number of halogens is 3. The van der Waals surface area contributed by atoms with Crippen LogP contribution in [-0.2, 0) is 6.18 Å². The first kappa shape index (κ1) is 27.9. The number of nitrogens with zero attached hydrogens (tertiary/aromatic N) is 1. The molecule has 208 valence electrons. The minimum Gasteiger partial charge on any atom is -0.332 e. The number of carbonyl (C=O) groups excluding carboxylic acids is 2. The van der Waals surface area contributed by atoms with Gasteiger partial charge < -0.3 is 16.0 Å². The number of benzene rings is 4. The molecular weight excluding hydrogens is 549 g/mol. The summed E-state index contributed by atoms with van der Waals surface area (Å²) in [7, 11) is 0. The molecule has 1 heterocycles. The third-order valence-corrected chi connectivity index (χ3v) is 7.25. The first-order valence-electron chi connectivity index (χ1n) is 12.6. The Morgan fingerprint density at radius 1 is 0.756 bits per heavy atom. The summed E-state index contributed by atoms with van der Waals surface area (Å²) >= 11 is 1.43. The van der Waals surface area contributed by atoms with Crippen molar-refractivity contribution in [1.82, 2.24) is 4.98 Å². The molecule has 4 aromatic carbocycles. The van der Waals surface area contributed by atoms with Crippen LogP contribution in [0, 0.1) is 20.8 Å². The molecule has 0 radical (unpaired) electrons. The molecule has 3 N–H and O–H groups in total. The number of thiazole rings is 1. The predicted octanol–water partition coefficient (Wildman–Crippen LogP) is 8.49. The molecule has 0 aliphatic rings. The van der Waals surface area contributed by atoms with Crippen LogP contribution in [0.1, 0.15) is 43.0 Å². The van der Waals surface area contributed by atoms with Crippen molar-refractivity contribution in [3.05, 3.63) is 112 Å². The van der Waals surface area contributed by atoms with Crippen molar-refractivity contribution in [2.75, 3.05) is 16.0 Å². The molecule has 0 saturated carbocycles. The van der Waals surface area contributed by atoms with E-state index in [1.807, 2.05) is 26.0 Å². The zero-order valence-electron chi connectivity index (χ0n) is 22.3. The second-order valence-electron chi connectivity index (χ2n) is 9.72. The Balaban J connectivity index is 1.31. The molecule has 0 atom stereocenters. The molecule has 1 aromatic heterocycles. The highest BCUT2D eigenvalue weighted by Gasteiger charge is 2.31. The van der Waals surface area contributed by atoms with Crippen molar-refractivity contribution in [3.63, 3.8) is 0 Å². The standard InChI is InChI=1S/C31H25F3N4O2S/c1-17-11-18(2)13-24(12-17)36-30-38-25-10-8-21(15-27(25)41-30)29(40)37-26-16-23(9-7-19(26)3)35-28(39)20-5-4-6-22(14-20)31(32,33)34/h4-16H,1-3H3,(H,35,39)(H,36,38)(H,37,40). The Hall–Kier alpha value is -4.70. The highest BCUT2D eigenvalue weighted by molar-refractivity contribution is 7.22. The van der Waals surface area contributed by atoms with Crippen molar-refractivity contribution in [2.45, 2.75) is 26.9 Å². The summed E-state index contributed by atoms with van der Waals surface area (Å²) in [6.45, 7) is 5.86. The number of aromatic nitrogens is 1. The van der Waals surface area contributed by atoms with Gasteiger partial charge in [0.2, 0.25) is 0 Å². The van der Waals surface area contributed by atoms with Crippen LogP contribution < -0.4 is 16.0 Å². The normalized spacial score (nSPS) is 11.4. The molecule has 5 rings (SSSR count). The fraction of sp³-hybridized carbons (Fsp3) is 0.129. The molecular formula is C31H25F3N4O2S. The van der Waals surface area contributed by atoms with Crippen molar-refractivity contribution in [2.24, 2.45) is 0 Å². The maximum Gasteiger partial charge on any atom is 0.416 e. The second kappa shape index (κ2) is 11.1. The van der Waals surface area contributed by atoms with Gasteiger partial charge in [0.1, 0.15) is 0 Å². The van der Waals surface area contributed by atoms with Crippen LogP contribution in [-0.4, -0.2) is 16.8 Å². The van der Waals surface area contributed by atoms with E-state index in [2.05, 4.69) is 27.0 Å². The quantitative estimate of drug-likeness (QED) is 0.190. The fourth-order valence-electron chi connectivity index (χ4n) is 4.36. The Kier molecular flexibility index (Phi) is 7.51. The van der Waals surface area contributed by atoms with Crippen LogP contribution in [0.5, 0.6) is 0 Å². The number of anilines is 4. The lowest BCUT2D eigenvalue weighted by Gasteiger charge is -2.13. The summed E-state index contributed by atoms with van der Waals surface area (Å²) in [5.74, 6) is -1.05. The lowest BCUT2D eigenvalue weighted by molar-refractivity contribution is -0.137.